The molecule has 0 amide bonds. The van der Waals surface area contributed by atoms with Gasteiger partial charge >= 0.3 is 0 Å². The predicted octanol–water partition coefficient (Wildman–Crippen LogP) is -3.17. The molecule has 0 atom stereocenters. The van der Waals surface area contributed by atoms with Crippen molar-refractivity contribution in [3.8, 4) is 0 Å². The zero-order valence-corrected chi connectivity index (χ0v) is 15.2. The summed E-state index contributed by atoms with van der Waals surface area (Å²) in [5, 5.41) is 44.7. The van der Waals surface area contributed by atoms with Gasteiger partial charge in [0, 0.05) is 31.1 Å². The van der Waals surface area contributed by atoms with Crippen molar-refractivity contribution < 1.29 is 56.6 Å². The smallest absolute Gasteiger partial charge is 0 e. The van der Waals surface area contributed by atoms with Crippen LogP contribution in [-0.2, 0) is 0 Å². The Morgan fingerprint density at radius 1 is 0.438 bits per heavy atom. The van der Waals surface area contributed by atoms with Gasteiger partial charge in [0.25, 0.3) is 0 Å². The van der Waals surface area contributed by atoms with Crippen molar-refractivity contribution in [1.29, 1.82) is 0 Å². The number of rotatable bonds is 0. The molecule has 0 bridgehead atoms. The molecule has 16 heavy (non-hydrogen) atoms. The largest absolute Gasteiger partial charge is 0.855 e. The Morgan fingerprint density at radius 2 is 0.438 bits per heavy atom. The first-order valence-corrected chi connectivity index (χ1v) is 4.98. The maximum Gasteiger partial charge on any atom is 0 e. The standard InChI is InChI=1S/5C2H5O.U/c5*1-2-3;/h5*2H2,1H3;/q5*-1;. The minimum absolute atomic E-state index is 0. The Labute approximate surface area is 124 Å². The van der Waals surface area contributed by atoms with Gasteiger partial charge in [-0.3, -0.25) is 0 Å². The molecule has 0 aliphatic heterocycles. The average molecular weight is 463 g/mol. The Bertz CT molecular complexity index is 30.8. The van der Waals surface area contributed by atoms with E-state index >= 15 is 0 Å². The zero-order chi connectivity index (χ0) is 13.5. The summed E-state index contributed by atoms with van der Waals surface area (Å²) in [6.45, 7) is 7.85. The fourth-order valence-electron chi connectivity index (χ4n) is 0. The van der Waals surface area contributed by atoms with Crippen LogP contribution < -0.4 is 25.5 Å². The second-order valence-electron chi connectivity index (χ2n) is 1.44. The van der Waals surface area contributed by atoms with E-state index in [1.54, 1.807) is 34.6 Å². The average Bonchev–Trinajstić information content (AvgIpc) is 2.09. The summed E-state index contributed by atoms with van der Waals surface area (Å²) in [5.74, 6) is 0. The first-order chi connectivity index (χ1) is 7.07. The summed E-state index contributed by atoms with van der Waals surface area (Å²) in [6, 6.07) is 0. The minimum atomic E-state index is 0. The molecule has 0 aromatic heterocycles. The summed E-state index contributed by atoms with van der Waals surface area (Å²) in [5.41, 5.74) is 0. The van der Waals surface area contributed by atoms with Crippen LogP contribution in [0.3, 0.4) is 0 Å². The maximum atomic E-state index is 8.93. The Balaban J connectivity index is -0.0000000192. The van der Waals surface area contributed by atoms with E-state index in [2.05, 4.69) is 0 Å². The van der Waals surface area contributed by atoms with Gasteiger partial charge in [0.2, 0.25) is 0 Å². The maximum absolute atomic E-state index is 8.93. The van der Waals surface area contributed by atoms with E-state index in [-0.39, 0.29) is 64.1 Å². The zero-order valence-electron chi connectivity index (χ0n) is 11.1. The van der Waals surface area contributed by atoms with Crippen molar-refractivity contribution in [2.24, 2.45) is 0 Å². The molecule has 0 fully saturated rings. The fourth-order valence-corrected chi connectivity index (χ4v) is 0. The quantitative estimate of drug-likeness (QED) is 0.376. The molecule has 0 aliphatic carbocycles. The number of hydrogen-bond donors (Lipinski definition) is 0. The van der Waals surface area contributed by atoms with Crippen LogP contribution in [0.4, 0.5) is 0 Å². The third-order valence-corrected chi connectivity index (χ3v) is 0. The molecule has 5 nitrogen and oxygen atoms in total. The molecule has 0 saturated carbocycles. The molecule has 0 saturated heterocycles. The van der Waals surface area contributed by atoms with Crippen LogP contribution in [0.2, 0.25) is 0 Å². The van der Waals surface area contributed by atoms with Crippen molar-refractivity contribution in [2.45, 2.75) is 34.6 Å². The molecule has 0 aliphatic rings. The van der Waals surface area contributed by atoms with Crippen molar-refractivity contribution in [3.05, 3.63) is 0 Å². The third kappa shape index (κ3) is 3930. The van der Waals surface area contributed by atoms with E-state index < -0.39 is 0 Å². The van der Waals surface area contributed by atoms with E-state index in [1.165, 1.54) is 0 Å². The van der Waals surface area contributed by atoms with Crippen molar-refractivity contribution in [3.63, 3.8) is 0 Å². The van der Waals surface area contributed by atoms with E-state index in [0.717, 1.165) is 0 Å². The van der Waals surface area contributed by atoms with Gasteiger partial charge in [-0.15, -0.1) is 33.0 Å². The molecule has 6 heteroatoms. The van der Waals surface area contributed by atoms with Crippen LogP contribution in [0.15, 0.2) is 0 Å². The molecule has 104 valence electrons. The van der Waals surface area contributed by atoms with Gasteiger partial charge in [0.15, 0.2) is 0 Å². The molecular formula is C10H25O5U-5. The van der Waals surface area contributed by atoms with Crippen LogP contribution in [0.1, 0.15) is 34.6 Å². The summed E-state index contributed by atoms with van der Waals surface area (Å²) < 4.78 is 0. The van der Waals surface area contributed by atoms with Gasteiger partial charge in [0.1, 0.15) is 0 Å². The summed E-state index contributed by atoms with van der Waals surface area (Å²) >= 11 is 0. The SMILES string of the molecule is CC[O-].CC[O-].CC[O-].CC[O-].CC[O-].[U]. The second kappa shape index (κ2) is 102. The van der Waals surface area contributed by atoms with Crippen molar-refractivity contribution in [1.82, 2.24) is 0 Å². The Hall–Kier alpha value is 0.852. The molecular weight excluding hydrogens is 438 g/mol. The molecule has 0 aromatic rings. The number of hydrogen-bond acceptors (Lipinski definition) is 5. The predicted molar refractivity (Wildman–Crippen MR) is 52.7 cm³/mol. The van der Waals surface area contributed by atoms with E-state index in [4.69, 9.17) is 25.5 Å². The van der Waals surface area contributed by atoms with Gasteiger partial charge in [-0.1, -0.05) is 34.6 Å². The van der Waals surface area contributed by atoms with Gasteiger partial charge < -0.3 is 25.5 Å². The fraction of sp³-hybridized carbons (Fsp3) is 1.00. The molecule has 0 N–H and O–H groups in total. The summed E-state index contributed by atoms with van der Waals surface area (Å²) in [6.07, 6.45) is 0. The van der Waals surface area contributed by atoms with Gasteiger partial charge in [-0.05, 0) is 0 Å². The molecule has 0 unspecified atom stereocenters. The minimum Gasteiger partial charge on any atom is -0.855 e. The Kier molecular flexibility index (Phi) is 229. The van der Waals surface area contributed by atoms with E-state index in [9.17, 15) is 0 Å². The van der Waals surface area contributed by atoms with Crippen LogP contribution in [0, 0.1) is 31.1 Å². The van der Waals surface area contributed by atoms with E-state index in [0.29, 0.717) is 0 Å². The van der Waals surface area contributed by atoms with E-state index in [1.807, 2.05) is 0 Å². The van der Waals surface area contributed by atoms with Gasteiger partial charge in [-0.25, -0.2) is 0 Å². The van der Waals surface area contributed by atoms with Crippen LogP contribution >= 0.6 is 0 Å². The first-order valence-electron chi connectivity index (χ1n) is 4.98. The monoisotopic (exact) mass is 463 g/mol. The molecule has 0 spiro atoms. The topological polar surface area (TPSA) is 115 Å². The van der Waals surface area contributed by atoms with Gasteiger partial charge in [-0.2, -0.15) is 0 Å². The van der Waals surface area contributed by atoms with Gasteiger partial charge in [0.05, 0.1) is 0 Å². The summed E-state index contributed by atoms with van der Waals surface area (Å²) in [7, 11) is 0. The normalized spacial score (nSPS) is 5.62. The Morgan fingerprint density at radius 3 is 0.438 bits per heavy atom. The molecule has 0 heterocycles. The van der Waals surface area contributed by atoms with Crippen LogP contribution in [-0.4, -0.2) is 33.0 Å². The van der Waals surface area contributed by atoms with Crippen molar-refractivity contribution in [2.75, 3.05) is 33.0 Å². The third-order valence-electron chi connectivity index (χ3n) is 0. The molecule has 0 radical (unpaired) electrons. The van der Waals surface area contributed by atoms with Crippen LogP contribution in [0.25, 0.3) is 0 Å². The second-order valence-corrected chi connectivity index (χ2v) is 1.44. The first kappa shape index (κ1) is 36.0. The van der Waals surface area contributed by atoms with Crippen molar-refractivity contribution >= 4 is 0 Å². The van der Waals surface area contributed by atoms with Crippen LogP contribution in [0.5, 0.6) is 0 Å². The summed E-state index contributed by atoms with van der Waals surface area (Å²) in [4.78, 5) is 0. The molecule has 0 rings (SSSR count). The molecule has 0 aromatic carbocycles.